The van der Waals surface area contributed by atoms with Crippen LogP contribution in [0.5, 0.6) is 0 Å². The van der Waals surface area contributed by atoms with E-state index in [-0.39, 0.29) is 0 Å². The SMILES string of the molecule is CCC1CCCC(Nc2cccc(C)c2C)C1. The third kappa shape index (κ3) is 3.02. The van der Waals surface area contributed by atoms with Crippen molar-refractivity contribution in [3.05, 3.63) is 29.3 Å². The monoisotopic (exact) mass is 231 g/mol. The van der Waals surface area contributed by atoms with Gasteiger partial charge >= 0.3 is 0 Å². The van der Waals surface area contributed by atoms with Crippen LogP contribution in [0.4, 0.5) is 5.69 Å². The van der Waals surface area contributed by atoms with Crippen LogP contribution in [-0.4, -0.2) is 6.04 Å². The molecule has 17 heavy (non-hydrogen) atoms. The van der Waals surface area contributed by atoms with Crippen molar-refractivity contribution in [1.82, 2.24) is 0 Å². The first-order chi connectivity index (χ1) is 8.20. The first kappa shape index (κ1) is 12.5. The lowest BCUT2D eigenvalue weighted by Gasteiger charge is -2.30. The van der Waals surface area contributed by atoms with Gasteiger partial charge < -0.3 is 5.32 Å². The molecule has 1 aliphatic rings. The van der Waals surface area contributed by atoms with E-state index in [0.29, 0.717) is 6.04 Å². The average Bonchev–Trinajstić information content (AvgIpc) is 2.35. The lowest BCUT2D eigenvalue weighted by molar-refractivity contribution is 0.327. The Morgan fingerprint density at radius 2 is 2.06 bits per heavy atom. The van der Waals surface area contributed by atoms with Gasteiger partial charge in [0.05, 0.1) is 0 Å². The van der Waals surface area contributed by atoms with Gasteiger partial charge in [0.2, 0.25) is 0 Å². The van der Waals surface area contributed by atoms with E-state index < -0.39 is 0 Å². The molecule has 2 unspecified atom stereocenters. The summed E-state index contributed by atoms with van der Waals surface area (Å²) < 4.78 is 0. The summed E-state index contributed by atoms with van der Waals surface area (Å²) in [6.45, 7) is 6.74. The summed E-state index contributed by atoms with van der Waals surface area (Å²) in [5.74, 6) is 0.936. The molecular formula is C16H25N. The molecule has 1 aromatic rings. The highest BCUT2D eigenvalue weighted by atomic mass is 14.9. The number of nitrogens with one attached hydrogen (secondary N) is 1. The van der Waals surface area contributed by atoms with Crippen LogP contribution >= 0.6 is 0 Å². The zero-order valence-corrected chi connectivity index (χ0v) is 11.4. The predicted molar refractivity (Wildman–Crippen MR) is 75.6 cm³/mol. The molecule has 1 nitrogen and oxygen atoms in total. The standard InChI is InChI=1S/C16H25N/c1-4-14-8-6-9-15(11-14)17-16-10-5-7-12(2)13(16)3/h5,7,10,14-15,17H,4,6,8-9,11H2,1-3H3. The summed E-state index contributed by atoms with van der Waals surface area (Å²) in [6, 6.07) is 7.26. The third-order valence-corrected chi connectivity index (χ3v) is 4.32. The molecule has 1 aliphatic carbocycles. The second-order valence-electron chi connectivity index (χ2n) is 5.53. The molecule has 94 valence electrons. The molecule has 1 aromatic carbocycles. The van der Waals surface area contributed by atoms with E-state index in [9.17, 15) is 0 Å². The highest BCUT2D eigenvalue weighted by Crippen LogP contribution is 2.29. The average molecular weight is 231 g/mol. The Morgan fingerprint density at radius 3 is 2.82 bits per heavy atom. The number of aryl methyl sites for hydroxylation is 1. The summed E-state index contributed by atoms with van der Waals surface area (Å²) in [6.07, 6.45) is 6.85. The summed E-state index contributed by atoms with van der Waals surface area (Å²) in [5.41, 5.74) is 4.13. The largest absolute Gasteiger partial charge is 0.382 e. The van der Waals surface area contributed by atoms with E-state index in [1.165, 1.54) is 48.9 Å². The van der Waals surface area contributed by atoms with Crippen molar-refractivity contribution in [3.63, 3.8) is 0 Å². The molecule has 0 heterocycles. The molecule has 1 heteroatoms. The van der Waals surface area contributed by atoms with Gasteiger partial charge in [0.1, 0.15) is 0 Å². The minimum atomic E-state index is 0.689. The Morgan fingerprint density at radius 1 is 1.24 bits per heavy atom. The maximum absolute atomic E-state index is 3.75. The first-order valence-electron chi connectivity index (χ1n) is 7.03. The Bertz CT molecular complexity index is 370. The highest BCUT2D eigenvalue weighted by Gasteiger charge is 2.20. The summed E-state index contributed by atoms with van der Waals surface area (Å²) >= 11 is 0. The van der Waals surface area contributed by atoms with E-state index in [1.807, 2.05) is 0 Å². The molecule has 2 atom stereocenters. The molecule has 0 amide bonds. The van der Waals surface area contributed by atoms with Gasteiger partial charge in [0, 0.05) is 11.7 Å². The minimum Gasteiger partial charge on any atom is -0.382 e. The zero-order valence-electron chi connectivity index (χ0n) is 11.4. The van der Waals surface area contributed by atoms with Gasteiger partial charge in [0.15, 0.2) is 0 Å². The highest BCUT2D eigenvalue weighted by molar-refractivity contribution is 5.54. The van der Waals surface area contributed by atoms with E-state index in [1.54, 1.807) is 0 Å². The quantitative estimate of drug-likeness (QED) is 0.796. The maximum atomic E-state index is 3.75. The Hall–Kier alpha value is -0.980. The van der Waals surface area contributed by atoms with Crippen LogP contribution in [-0.2, 0) is 0 Å². The Balaban J connectivity index is 2.02. The van der Waals surface area contributed by atoms with Crippen LogP contribution in [0.25, 0.3) is 0 Å². The zero-order chi connectivity index (χ0) is 12.3. The first-order valence-corrected chi connectivity index (χ1v) is 7.03. The molecular weight excluding hydrogens is 206 g/mol. The molecule has 1 saturated carbocycles. The molecule has 0 radical (unpaired) electrons. The van der Waals surface area contributed by atoms with Crippen LogP contribution in [0.2, 0.25) is 0 Å². The van der Waals surface area contributed by atoms with Gasteiger partial charge in [-0.05, 0) is 49.8 Å². The fourth-order valence-corrected chi connectivity index (χ4v) is 2.92. The van der Waals surface area contributed by atoms with Crippen LogP contribution < -0.4 is 5.32 Å². The second kappa shape index (κ2) is 5.57. The van der Waals surface area contributed by atoms with E-state index in [0.717, 1.165) is 5.92 Å². The summed E-state index contributed by atoms with van der Waals surface area (Å²) in [5, 5.41) is 3.75. The molecule has 0 spiro atoms. The number of hydrogen-bond donors (Lipinski definition) is 1. The number of anilines is 1. The van der Waals surface area contributed by atoms with Crippen LogP contribution in [0, 0.1) is 19.8 Å². The summed E-state index contributed by atoms with van der Waals surface area (Å²) in [7, 11) is 0. The van der Waals surface area contributed by atoms with Crippen LogP contribution in [0.1, 0.15) is 50.2 Å². The Kier molecular flexibility index (Phi) is 4.09. The topological polar surface area (TPSA) is 12.0 Å². The molecule has 0 saturated heterocycles. The number of benzene rings is 1. The molecule has 0 aromatic heterocycles. The normalized spacial score (nSPS) is 24.6. The molecule has 1 fully saturated rings. The van der Waals surface area contributed by atoms with E-state index >= 15 is 0 Å². The molecule has 1 N–H and O–H groups in total. The van der Waals surface area contributed by atoms with Gasteiger partial charge in [-0.1, -0.05) is 38.3 Å². The number of hydrogen-bond acceptors (Lipinski definition) is 1. The van der Waals surface area contributed by atoms with Gasteiger partial charge in [0.25, 0.3) is 0 Å². The van der Waals surface area contributed by atoms with Crippen LogP contribution in [0.15, 0.2) is 18.2 Å². The van der Waals surface area contributed by atoms with Gasteiger partial charge in [-0.25, -0.2) is 0 Å². The van der Waals surface area contributed by atoms with E-state index in [4.69, 9.17) is 0 Å². The lowest BCUT2D eigenvalue weighted by atomic mass is 9.84. The van der Waals surface area contributed by atoms with Crippen molar-refractivity contribution >= 4 is 5.69 Å². The smallest absolute Gasteiger partial charge is 0.0374 e. The predicted octanol–water partition coefficient (Wildman–Crippen LogP) is 4.68. The van der Waals surface area contributed by atoms with Gasteiger partial charge in [-0.15, -0.1) is 0 Å². The fraction of sp³-hybridized carbons (Fsp3) is 0.625. The van der Waals surface area contributed by atoms with Crippen molar-refractivity contribution < 1.29 is 0 Å². The Labute approximate surface area is 106 Å². The molecule has 0 aliphatic heterocycles. The van der Waals surface area contributed by atoms with Crippen molar-refractivity contribution in [3.8, 4) is 0 Å². The molecule has 2 rings (SSSR count). The second-order valence-corrected chi connectivity index (χ2v) is 5.53. The minimum absolute atomic E-state index is 0.689. The lowest BCUT2D eigenvalue weighted by Crippen LogP contribution is -2.27. The number of rotatable bonds is 3. The molecule has 0 bridgehead atoms. The van der Waals surface area contributed by atoms with E-state index in [2.05, 4.69) is 44.3 Å². The van der Waals surface area contributed by atoms with Crippen molar-refractivity contribution in [2.24, 2.45) is 5.92 Å². The fourth-order valence-electron chi connectivity index (χ4n) is 2.92. The summed E-state index contributed by atoms with van der Waals surface area (Å²) in [4.78, 5) is 0. The third-order valence-electron chi connectivity index (χ3n) is 4.32. The maximum Gasteiger partial charge on any atom is 0.0374 e. The van der Waals surface area contributed by atoms with Crippen molar-refractivity contribution in [2.45, 2.75) is 58.9 Å². The van der Waals surface area contributed by atoms with Crippen molar-refractivity contribution in [2.75, 3.05) is 5.32 Å². The van der Waals surface area contributed by atoms with Gasteiger partial charge in [-0.2, -0.15) is 0 Å². The van der Waals surface area contributed by atoms with Crippen LogP contribution in [0.3, 0.4) is 0 Å². The van der Waals surface area contributed by atoms with Gasteiger partial charge in [-0.3, -0.25) is 0 Å². The van der Waals surface area contributed by atoms with Crippen molar-refractivity contribution in [1.29, 1.82) is 0 Å².